The predicted octanol–water partition coefficient (Wildman–Crippen LogP) is 3.75. The molecule has 1 aromatic rings. The van der Waals surface area contributed by atoms with E-state index in [2.05, 4.69) is 55.5 Å². The molecule has 0 aliphatic heterocycles. The van der Waals surface area contributed by atoms with Crippen molar-refractivity contribution >= 4 is 5.69 Å². The average Bonchev–Trinajstić information content (AvgIpc) is 3.09. The summed E-state index contributed by atoms with van der Waals surface area (Å²) < 4.78 is 0. The molecule has 1 heteroatoms. The van der Waals surface area contributed by atoms with Crippen molar-refractivity contribution in [3.63, 3.8) is 0 Å². The minimum atomic E-state index is 1.14. The van der Waals surface area contributed by atoms with Gasteiger partial charge in [-0.05, 0) is 31.9 Å². The first kappa shape index (κ1) is 11.3. The molecule has 2 rings (SSSR count). The van der Waals surface area contributed by atoms with Gasteiger partial charge in [-0.1, -0.05) is 36.3 Å². The van der Waals surface area contributed by atoms with Crippen LogP contribution in [0.2, 0.25) is 0 Å². The van der Waals surface area contributed by atoms with Crippen LogP contribution in [-0.4, -0.2) is 13.1 Å². The summed E-state index contributed by atoms with van der Waals surface area (Å²) >= 11 is 0. The van der Waals surface area contributed by atoms with Gasteiger partial charge >= 0.3 is 0 Å². The Balaban J connectivity index is 1.98. The van der Waals surface area contributed by atoms with E-state index in [4.69, 9.17) is 0 Å². The largest absolute Gasteiger partial charge is 0.371 e. The Bertz CT molecular complexity index is 362. The lowest BCUT2D eigenvalue weighted by Crippen LogP contribution is -2.25. The maximum absolute atomic E-state index is 2.48. The van der Waals surface area contributed by atoms with Crippen molar-refractivity contribution < 1.29 is 0 Å². The third-order valence-corrected chi connectivity index (χ3v) is 2.97. The first-order valence-electron chi connectivity index (χ1n) is 6.15. The van der Waals surface area contributed by atoms with Gasteiger partial charge in [0.15, 0.2) is 0 Å². The smallest absolute Gasteiger partial charge is 0.0366 e. The molecule has 0 saturated carbocycles. The Hall–Kier alpha value is -1.24. The van der Waals surface area contributed by atoms with Crippen molar-refractivity contribution in [2.24, 2.45) is 0 Å². The molecule has 0 bridgehead atoms. The number of hydrogen-bond acceptors (Lipinski definition) is 1. The number of hydrogen-bond donors (Lipinski definition) is 0. The van der Waals surface area contributed by atoms with Crippen LogP contribution in [0.15, 0.2) is 35.9 Å². The van der Waals surface area contributed by atoms with E-state index in [0.717, 1.165) is 13.1 Å². The van der Waals surface area contributed by atoms with Crippen LogP contribution in [0.1, 0.15) is 25.3 Å². The summed E-state index contributed by atoms with van der Waals surface area (Å²) in [7, 11) is 0. The fourth-order valence-corrected chi connectivity index (χ4v) is 1.89. The summed E-state index contributed by atoms with van der Waals surface area (Å²) in [6, 6.07) is 8.85. The number of rotatable bonds is 6. The first-order valence-corrected chi connectivity index (χ1v) is 6.15. The van der Waals surface area contributed by atoms with Crippen LogP contribution >= 0.6 is 0 Å². The zero-order chi connectivity index (χ0) is 11.4. The Labute approximate surface area is 98.8 Å². The van der Waals surface area contributed by atoms with Gasteiger partial charge in [-0.25, -0.2) is 0 Å². The summed E-state index contributed by atoms with van der Waals surface area (Å²) in [6.45, 7) is 6.66. The van der Waals surface area contributed by atoms with Crippen LogP contribution in [0.4, 0.5) is 5.69 Å². The lowest BCUT2D eigenvalue weighted by atomic mass is 10.2. The molecule has 1 nitrogen and oxygen atoms in total. The molecule has 1 radical (unpaired) electrons. The molecular weight excluding hydrogens is 194 g/mol. The van der Waals surface area contributed by atoms with E-state index in [-0.39, 0.29) is 0 Å². The van der Waals surface area contributed by atoms with E-state index in [1.165, 1.54) is 29.7 Å². The molecule has 0 unspecified atom stereocenters. The zero-order valence-corrected chi connectivity index (χ0v) is 10.2. The van der Waals surface area contributed by atoms with Crippen molar-refractivity contribution in [2.45, 2.75) is 26.7 Å². The van der Waals surface area contributed by atoms with Gasteiger partial charge in [-0.15, -0.1) is 0 Å². The molecule has 0 fully saturated rings. The number of nitrogens with zero attached hydrogens (tertiary/aromatic N) is 1. The van der Waals surface area contributed by atoms with Crippen LogP contribution in [0.3, 0.4) is 0 Å². The third-order valence-electron chi connectivity index (χ3n) is 2.97. The second-order valence-corrected chi connectivity index (χ2v) is 4.48. The minimum absolute atomic E-state index is 1.14. The van der Waals surface area contributed by atoms with Crippen LogP contribution in [-0.2, 0) is 0 Å². The van der Waals surface area contributed by atoms with Gasteiger partial charge < -0.3 is 4.90 Å². The lowest BCUT2D eigenvalue weighted by Gasteiger charge is -2.24. The van der Waals surface area contributed by atoms with Gasteiger partial charge in [-0.3, -0.25) is 0 Å². The number of allylic oxidation sites excluding steroid dienone is 1. The summed E-state index contributed by atoms with van der Waals surface area (Å²) in [4.78, 5) is 2.48. The molecule has 0 spiro atoms. The Kier molecular flexibility index (Phi) is 3.66. The second kappa shape index (κ2) is 5.20. The highest BCUT2D eigenvalue weighted by Crippen LogP contribution is 2.23. The molecule has 16 heavy (non-hydrogen) atoms. The molecule has 1 aliphatic carbocycles. The molecule has 0 aromatic heterocycles. The summed E-state index contributed by atoms with van der Waals surface area (Å²) in [5.41, 5.74) is 4.19. The van der Waals surface area contributed by atoms with Crippen LogP contribution in [0, 0.1) is 13.3 Å². The number of anilines is 1. The third kappa shape index (κ3) is 3.13. The molecule has 0 heterocycles. The van der Waals surface area contributed by atoms with Gasteiger partial charge in [-0.2, -0.15) is 0 Å². The molecule has 0 atom stereocenters. The topological polar surface area (TPSA) is 3.24 Å². The van der Waals surface area contributed by atoms with Gasteiger partial charge in [0.25, 0.3) is 0 Å². The zero-order valence-electron chi connectivity index (χ0n) is 10.2. The van der Waals surface area contributed by atoms with Crippen molar-refractivity contribution in [3.8, 4) is 0 Å². The maximum Gasteiger partial charge on any atom is 0.0366 e. The second-order valence-electron chi connectivity index (χ2n) is 4.48. The van der Waals surface area contributed by atoms with Crippen molar-refractivity contribution in [1.29, 1.82) is 0 Å². The fraction of sp³-hybridized carbons (Fsp3) is 0.400. The van der Waals surface area contributed by atoms with E-state index in [9.17, 15) is 0 Å². The van der Waals surface area contributed by atoms with E-state index in [1.54, 1.807) is 0 Å². The van der Waals surface area contributed by atoms with E-state index < -0.39 is 0 Å². The van der Waals surface area contributed by atoms with Crippen molar-refractivity contribution in [2.75, 3.05) is 18.0 Å². The SMILES string of the molecule is CCCN(CCC1=C[CH]1)c1ccc(C)cc1. The fourth-order valence-electron chi connectivity index (χ4n) is 1.89. The van der Waals surface area contributed by atoms with E-state index >= 15 is 0 Å². The van der Waals surface area contributed by atoms with Crippen LogP contribution in [0.25, 0.3) is 0 Å². The Morgan fingerprint density at radius 2 is 1.75 bits per heavy atom. The lowest BCUT2D eigenvalue weighted by molar-refractivity contribution is 0.761. The number of benzene rings is 1. The van der Waals surface area contributed by atoms with E-state index in [0.29, 0.717) is 0 Å². The van der Waals surface area contributed by atoms with E-state index in [1.807, 2.05) is 0 Å². The molecule has 0 saturated heterocycles. The summed E-state index contributed by atoms with van der Waals surface area (Å²) in [5.74, 6) is 0. The highest BCUT2D eigenvalue weighted by Gasteiger charge is 2.11. The molecule has 1 aromatic carbocycles. The number of aryl methyl sites for hydroxylation is 1. The summed E-state index contributed by atoms with van der Waals surface area (Å²) in [6.07, 6.45) is 6.81. The van der Waals surface area contributed by atoms with Crippen molar-refractivity contribution in [3.05, 3.63) is 47.9 Å². The van der Waals surface area contributed by atoms with Gasteiger partial charge in [0.2, 0.25) is 0 Å². The summed E-state index contributed by atoms with van der Waals surface area (Å²) in [5, 5.41) is 0. The first-order chi connectivity index (χ1) is 7.79. The van der Waals surface area contributed by atoms with Crippen LogP contribution in [0.5, 0.6) is 0 Å². The quantitative estimate of drug-likeness (QED) is 0.697. The molecule has 85 valence electrons. The minimum Gasteiger partial charge on any atom is -0.371 e. The highest BCUT2D eigenvalue weighted by atomic mass is 15.1. The normalized spacial score (nSPS) is 13.5. The Morgan fingerprint density at radius 3 is 2.31 bits per heavy atom. The van der Waals surface area contributed by atoms with Crippen LogP contribution < -0.4 is 4.90 Å². The van der Waals surface area contributed by atoms with Gasteiger partial charge in [0.05, 0.1) is 0 Å². The average molecular weight is 214 g/mol. The predicted molar refractivity (Wildman–Crippen MR) is 70.7 cm³/mol. The molecule has 0 amide bonds. The molecule has 0 N–H and O–H groups in total. The van der Waals surface area contributed by atoms with Gasteiger partial charge in [0, 0.05) is 25.2 Å². The molecular formula is C15H20N. The Morgan fingerprint density at radius 1 is 1.06 bits per heavy atom. The highest BCUT2D eigenvalue weighted by molar-refractivity contribution is 5.48. The maximum atomic E-state index is 2.48. The van der Waals surface area contributed by atoms with Crippen molar-refractivity contribution in [1.82, 2.24) is 0 Å². The monoisotopic (exact) mass is 214 g/mol. The van der Waals surface area contributed by atoms with Gasteiger partial charge in [0.1, 0.15) is 0 Å². The standard InChI is InChI=1S/C15H20N/c1-3-11-16(12-10-14-6-7-14)15-8-4-13(2)5-9-15/h4-9H,3,10-12H2,1-2H3. The molecule has 1 aliphatic rings.